The van der Waals surface area contributed by atoms with Crippen molar-refractivity contribution in [3.05, 3.63) is 17.5 Å². The number of hydrogen-bond donors (Lipinski definition) is 0. The molecule has 150 valence electrons. The van der Waals surface area contributed by atoms with E-state index in [4.69, 9.17) is 0 Å². The van der Waals surface area contributed by atoms with Gasteiger partial charge in [0.25, 0.3) is 5.91 Å². The van der Waals surface area contributed by atoms with Crippen molar-refractivity contribution >= 4 is 11.8 Å². The molecule has 1 aromatic heterocycles. The van der Waals surface area contributed by atoms with Crippen LogP contribution in [0.25, 0.3) is 0 Å². The highest BCUT2D eigenvalue weighted by Gasteiger charge is 2.29. The number of aromatic nitrogens is 2. The monoisotopic (exact) mass is 375 g/mol. The topological polar surface area (TPSA) is 61.7 Å². The van der Waals surface area contributed by atoms with Crippen molar-refractivity contribution in [1.82, 2.24) is 24.5 Å². The van der Waals surface area contributed by atoms with Gasteiger partial charge in [0.2, 0.25) is 5.91 Å². The van der Waals surface area contributed by atoms with Crippen molar-refractivity contribution < 1.29 is 9.59 Å². The van der Waals surface area contributed by atoms with E-state index in [1.165, 1.54) is 0 Å². The van der Waals surface area contributed by atoms with Crippen molar-refractivity contribution in [2.24, 2.45) is 13.0 Å². The Morgan fingerprint density at radius 1 is 1.15 bits per heavy atom. The minimum atomic E-state index is -0.0179. The lowest BCUT2D eigenvalue weighted by atomic mass is 9.99. The number of amides is 2. The lowest BCUT2D eigenvalue weighted by Crippen LogP contribution is -2.49. The summed E-state index contributed by atoms with van der Waals surface area (Å²) in [5, 5.41) is 4.30. The summed E-state index contributed by atoms with van der Waals surface area (Å²) in [6, 6.07) is 2.05. The molecule has 2 amide bonds. The molecule has 0 bridgehead atoms. The van der Waals surface area contributed by atoms with Crippen molar-refractivity contribution in [2.45, 2.75) is 45.6 Å². The lowest BCUT2D eigenvalue weighted by Gasteiger charge is -2.37. The van der Waals surface area contributed by atoms with Crippen molar-refractivity contribution in [2.75, 3.05) is 39.8 Å². The molecule has 0 unspecified atom stereocenters. The molecule has 3 heterocycles. The van der Waals surface area contributed by atoms with Crippen LogP contribution in [0.1, 0.15) is 48.8 Å². The van der Waals surface area contributed by atoms with E-state index in [1.54, 1.807) is 4.68 Å². The summed E-state index contributed by atoms with van der Waals surface area (Å²) in [5.41, 5.74) is 1.49. The second-order valence-electron chi connectivity index (χ2n) is 8.28. The Balaban J connectivity index is 1.46. The molecule has 2 aliphatic heterocycles. The van der Waals surface area contributed by atoms with Crippen molar-refractivity contribution in [3.8, 4) is 0 Å². The third-order valence-electron chi connectivity index (χ3n) is 6.25. The number of piperidine rings is 2. The molecule has 2 fully saturated rings. The van der Waals surface area contributed by atoms with Crippen LogP contribution in [0.2, 0.25) is 0 Å². The Bertz CT molecular complexity index is 650. The van der Waals surface area contributed by atoms with Gasteiger partial charge in [0.15, 0.2) is 5.69 Å². The van der Waals surface area contributed by atoms with E-state index in [-0.39, 0.29) is 17.9 Å². The molecule has 0 N–H and O–H groups in total. The highest BCUT2D eigenvalue weighted by Crippen LogP contribution is 2.19. The molecular formula is C20H33N5O2. The maximum absolute atomic E-state index is 12.7. The third-order valence-corrected chi connectivity index (χ3v) is 6.25. The predicted octanol–water partition coefficient (Wildman–Crippen LogP) is 1.52. The molecule has 2 aliphatic rings. The zero-order valence-corrected chi connectivity index (χ0v) is 17.1. The fourth-order valence-electron chi connectivity index (χ4n) is 4.03. The van der Waals surface area contributed by atoms with Gasteiger partial charge in [-0.1, -0.05) is 6.92 Å². The summed E-state index contributed by atoms with van der Waals surface area (Å²) >= 11 is 0. The minimum absolute atomic E-state index is 0.0179. The Kier molecular flexibility index (Phi) is 6.19. The highest BCUT2D eigenvalue weighted by molar-refractivity contribution is 5.92. The SMILES string of the molecule is Cc1cc(C(=O)N(C)C2CCN(CC(=O)N3CCC(C)CC3)CC2)nn1C. The van der Waals surface area contributed by atoms with Gasteiger partial charge in [-0.15, -0.1) is 0 Å². The first-order chi connectivity index (χ1) is 12.8. The van der Waals surface area contributed by atoms with E-state index in [2.05, 4.69) is 16.9 Å². The minimum Gasteiger partial charge on any atom is -0.342 e. The van der Waals surface area contributed by atoms with E-state index in [0.29, 0.717) is 12.2 Å². The summed E-state index contributed by atoms with van der Waals surface area (Å²) in [5.74, 6) is 0.977. The maximum Gasteiger partial charge on any atom is 0.274 e. The Morgan fingerprint density at radius 2 is 1.78 bits per heavy atom. The number of aryl methyl sites for hydroxylation is 2. The van der Waals surface area contributed by atoms with Gasteiger partial charge in [-0.3, -0.25) is 19.2 Å². The van der Waals surface area contributed by atoms with Crippen LogP contribution < -0.4 is 0 Å². The fourth-order valence-corrected chi connectivity index (χ4v) is 4.03. The zero-order valence-electron chi connectivity index (χ0n) is 17.1. The molecule has 27 heavy (non-hydrogen) atoms. The van der Waals surface area contributed by atoms with E-state index >= 15 is 0 Å². The molecular weight excluding hydrogens is 342 g/mol. The smallest absolute Gasteiger partial charge is 0.274 e. The first-order valence-corrected chi connectivity index (χ1v) is 10.1. The summed E-state index contributed by atoms with van der Waals surface area (Å²) in [6.45, 7) is 8.24. The van der Waals surface area contributed by atoms with Crippen LogP contribution in [0.15, 0.2) is 6.07 Å². The number of nitrogens with zero attached hydrogens (tertiary/aromatic N) is 5. The average Bonchev–Trinajstić information content (AvgIpc) is 3.00. The van der Waals surface area contributed by atoms with Crippen LogP contribution in [-0.4, -0.2) is 82.1 Å². The second kappa shape index (κ2) is 8.42. The number of hydrogen-bond acceptors (Lipinski definition) is 4. The van der Waals surface area contributed by atoms with Gasteiger partial charge in [0, 0.05) is 52.0 Å². The molecule has 3 rings (SSSR count). The number of rotatable bonds is 4. The van der Waals surface area contributed by atoms with Crippen LogP contribution >= 0.6 is 0 Å². The third kappa shape index (κ3) is 4.69. The van der Waals surface area contributed by atoms with Crippen LogP contribution in [-0.2, 0) is 11.8 Å². The molecule has 2 saturated heterocycles. The molecule has 7 nitrogen and oxygen atoms in total. The fraction of sp³-hybridized carbons (Fsp3) is 0.750. The zero-order chi connectivity index (χ0) is 19.6. The summed E-state index contributed by atoms with van der Waals surface area (Å²) < 4.78 is 1.73. The quantitative estimate of drug-likeness (QED) is 0.801. The molecule has 0 saturated carbocycles. The van der Waals surface area contributed by atoms with Gasteiger partial charge in [-0.25, -0.2) is 0 Å². The molecule has 0 aromatic carbocycles. The van der Waals surface area contributed by atoms with Gasteiger partial charge in [0.1, 0.15) is 0 Å². The Labute approximate surface area is 162 Å². The van der Waals surface area contributed by atoms with Crippen molar-refractivity contribution in [3.63, 3.8) is 0 Å². The number of carbonyl (C=O) groups excluding carboxylic acids is 2. The Morgan fingerprint density at radius 3 is 2.33 bits per heavy atom. The highest BCUT2D eigenvalue weighted by atomic mass is 16.2. The molecule has 0 spiro atoms. The summed E-state index contributed by atoms with van der Waals surface area (Å²) in [6.07, 6.45) is 4.04. The first-order valence-electron chi connectivity index (χ1n) is 10.1. The summed E-state index contributed by atoms with van der Waals surface area (Å²) in [4.78, 5) is 31.3. The molecule has 0 radical (unpaired) electrons. The first kappa shape index (κ1) is 19.9. The largest absolute Gasteiger partial charge is 0.342 e. The normalized spacial score (nSPS) is 20.1. The maximum atomic E-state index is 12.7. The van der Waals surface area contributed by atoms with E-state index in [0.717, 1.165) is 63.5 Å². The van der Waals surface area contributed by atoms with Crippen molar-refractivity contribution in [1.29, 1.82) is 0 Å². The average molecular weight is 376 g/mol. The van der Waals surface area contributed by atoms with Crippen LogP contribution in [0.4, 0.5) is 0 Å². The molecule has 0 atom stereocenters. The van der Waals surface area contributed by atoms with Crippen LogP contribution in [0.5, 0.6) is 0 Å². The van der Waals surface area contributed by atoms with Crippen LogP contribution in [0, 0.1) is 12.8 Å². The van der Waals surface area contributed by atoms with Gasteiger partial charge in [0.05, 0.1) is 6.54 Å². The number of carbonyl (C=O) groups is 2. The summed E-state index contributed by atoms with van der Waals surface area (Å²) in [7, 11) is 3.72. The lowest BCUT2D eigenvalue weighted by molar-refractivity contribution is -0.134. The predicted molar refractivity (Wildman–Crippen MR) is 104 cm³/mol. The number of likely N-dealkylation sites (tertiary alicyclic amines) is 2. The van der Waals surface area contributed by atoms with Gasteiger partial charge >= 0.3 is 0 Å². The second-order valence-corrected chi connectivity index (χ2v) is 8.28. The van der Waals surface area contributed by atoms with Gasteiger partial charge in [-0.2, -0.15) is 5.10 Å². The van der Waals surface area contributed by atoms with E-state index in [1.807, 2.05) is 36.9 Å². The molecule has 7 heteroatoms. The van der Waals surface area contributed by atoms with Gasteiger partial charge < -0.3 is 9.80 Å². The Hall–Kier alpha value is -1.89. The van der Waals surface area contributed by atoms with Gasteiger partial charge in [-0.05, 0) is 44.6 Å². The van der Waals surface area contributed by atoms with E-state index < -0.39 is 0 Å². The molecule has 1 aromatic rings. The van der Waals surface area contributed by atoms with E-state index in [9.17, 15) is 9.59 Å². The van der Waals surface area contributed by atoms with Crippen LogP contribution in [0.3, 0.4) is 0 Å². The molecule has 0 aliphatic carbocycles. The standard InChI is InChI=1S/C20H33N5O2/c1-15-5-11-25(12-6-15)19(26)14-24-9-7-17(8-10-24)22(3)20(27)18-13-16(2)23(4)21-18/h13,15,17H,5-12,14H2,1-4H3.